The fraction of sp³-hybridized carbons (Fsp3) is 0.111. The Hall–Kier alpha value is -3.19. The van der Waals surface area contributed by atoms with Crippen molar-refractivity contribution in [1.29, 1.82) is 0 Å². The molecule has 0 bridgehead atoms. The molecule has 0 aromatic heterocycles. The maximum Gasteiger partial charge on any atom is 0.363 e. The number of aliphatic imine (C=N–C) groups is 1. The van der Waals surface area contributed by atoms with Crippen LogP contribution in [0, 0.1) is 0 Å². The van der Waals surface area contributed by atoms with Gasteiger partial charge in [-0.25, -0.2) is 9.79 Å². The van der Waals surface area contributed by atoms with E-state index in [2.05, 4.69) is 4.99 Å². The van der Waals surface area contributed by atoms with Gasteiger partial charge in [-0.2, -0.15) is 0 Å². The SMILES string of the molecule is O=C1OC(c2ccc3c(c2)OCO3)=N/C1=C\c1cc2c(cc1Cl)OCO2. The molecule has 7 nitrogen and oxygen atoms in total. The van der Waals surface area contributed by atoms with Gasteiger partial charge in [0.05, 0.1) is 5.02 Å². The van der Waals surface area contributed by atoms with E-state index in [-0.39, 0.29) is 25.2 Å². The van der Waals surface area contributed by atoms with Crippen LogP contribution in [0.2, 0.25) is 5.02 Å². The first-order chi connectivity index (χ1) is 12.7. The number of nitrogens with zero attached hydrogens (tertiary/aromatic N) is 1. The molecule has 0 aliphatic carbocycles. The maximum absolute atomic E-state index is 12.2. The summed E-state index contributed by atoms with van der Waals surface area (Å²) in [5.74, 6) is 1.98. The predicted molar refractivity (Wildman–Crippen MR) is 90.7 cm³/mol. The molecular weight excluding hydrogens is 362 g/mol. The Morgan fingerprint density at radius 3 is 2.42 bits per heavy atom. The Balaban J connectivity index is 1.50. The smallest absolute Gasteiger partial charge is 0.363 e. The van der Waals surface area contributed by atoms with Crippen LogP contribution in [0.1, 0.15) is 11.1 Å². The van der Waals surface area contributed by atoms with Gasteiger partial charge < -0.3 is 23.7 Å². The zero-order chi connectivity index (χ0) is 17.7. The molecule has 0 N–H and O–H groups in total. The standard InChI is InChI=1S/C18H10ClNO6/c19-11-6-16-15(24-8-25-16)5-10(11)3-12-18(21)26-17(20-12)9-1-2-13-14(4-9)23-7-22-13/h1-6H,7-8H2/b12-3-. The summed E-state index contributed by atoms with van der Waals surface area (Å²) in [5.41, 5.74) is 1.33. The lowest BCUT2D eigenvalue weighted by Crippen LogP contribution is -2.05. The van der Waals surface area contributed by atoms with Gasteiger partial charge in [-0.1, -0.05) is 11.6 Å². The Labute approximate surface area is 152 Å². The van der Waals surface area contributed by atoms with Crippen LogP contribution in [-0.2, 0) is 9.53 Å². The van der Waals surface area contributed by atoms with Crippen LogP contribution in [0.5, 0.6) is 23.0 Å². The molecule has 3 aliphatic heterocycles. The summed E-state index contributed by atoms with van der Waals surface area (Å²) in [4.78, 5) is 16.5. The number of carbonyl (C=O) groups excluding carboxylic acids is 1. The van der Waals surface area contributed by atoms with Crippen LogP contribution in [-0.4, -0.2) is 25.5 Å². The maximum atomic E-state index is 12.2. The van der Waals surface area contributed by atoms with Gasteiger partial charge in [0.2, 0.25) is 19.5 Å². The summed E-state index contributed by atoms with van der Waals surface area (Å²) >= 11 is 6.24. The lowest BCUT2D eigenvalue weighted by Gasteiger charge is -2.01. The Bertz CT molecular complexity index is 1010. The van der Waals surface area contributed by atoms with E-state index in [9.17, 15) is 4.79 Å². The molecule has 0 radical (unpaired) electrons. The summed E-state index contributed by atoms with van der Waals surface area (Å²) in [7, 11) is 0. The molecule has 3 aliphatic rings. The van der Waals surface area contributed by atoms with Crippen LogP contribution in [0.3, 0.4) is 0 Å². The Morgan fingerprint density at radius 1 is 0.923 bits per heavy atom. The van der Waals surface area contributed by atoms with Gasteiger partial charge in [0.15, 0.2) is 28.7 Å². The fourth-order valence-corrected chi connectivity index (χ4v) is 2.96. The summed E-state index contributed by atoms with van der Waals surface area (Å²) in [6, 6.07) is 8.53. The summed E-state index contributed by atoms with van der Waals surface area (Å²) in [5, 5.41) is 0.418. The van der Waals surface area contributed by atoms with E-state index >= 15 is 0 Å². The van der Waals surface area contributed by atoms with Crippen molar-refractivity contribution in [2.24, 2.45) is 4.99 Å². The number of benzene rings is 2. The van der Waals surface area contributed by atoms with Crippen molar-refractivity contribution >= 4 is 29.5 Å². The summed E-state index contributed by atoms with van der Waals surface area (Å²) in [6.07, 6.45) is 1.55. The van der Waals surface area contributed by atoms with Crippen molar-refractivity contribution < 1.29 is 28.5 Å². The van der Waals surface area contributed by atoms with Crippen molar-refractivity contribution in [2.45, 2.75) is 0 Å². The highest BCUT2D eigenvalue weighted by Gasteiger charge is 2.26. The number of halogens is 1. The first kappa shape index (κ1) is 15.1. The van der Waals surface area contributed by atoms with E-state index in [0.717, 1.165) is 0 Å². The number of cyclic esters (lactones) is 1. The topological polar surface area (TPSA) is 75.6 Å². The Kier molecular flexibility index (Phi) is 3.29. The highest BCUT2D eigenvalue weighted by molar-refractivity contribution is 6.32. The zero-order valence-corrected chi connectivity index (χ0v) is 13.9. The fourth-order valence-electron chi connectivity index (χ4n) is 2.75. The van der Waals surface area contributed by atoms with Crippen molar-refractivity contribution in [2.75, 3.05) is 13.6 Å². The third kappa shape index (κ3) is 2.44. The number of esters is 1. The molecule has 3 heterocycles. The second-order valence-corrected chi connectivity index (χ2v) is 6.04. The van der Waals surface area contributed by atoms with Gasteiger partial charge in [-0.05, 0) is 35.9 Å². The van der Waals surface area contributed by atoms with E-state index in [0.29, 0.717) is 39.1 Å². The number of rotatable bonds is 2. The Morgan fingerprint density at radius 2 is 1.62 bits per heavy atom. The molecule has 0 saturated heterocycles. The lowest BCUT2D eigenvalue weighted by molar-refractivity contribution is -0.129. The number of carbonyl (C=O) groups is 1. The second kappa shape index (κ2) is 5.67. The molecule has 26 heavy (non-hydrogen) atoms. The van der Waals surface area contributed by atoms with E-state index < -0.39 is 5.97 Å². The van der Waals surface area contributed by atoms with Crippen molar-refractivity contribution in [1.82, 2.24) is 0 Å². The average Bonchev–Trinajstić information content (AvgIpc) is 3.34. The first-order valence-corrected chi connectivity index (χ1v) is 8.07. The highest BCUT2D eigenvalue weighted by Crippen LogP contribution is 2.38. The number of fused-ring (bicyclic) bond motifs is 2. The van der Waals surface area contributed by atoms with Crippen LogP contribution in [0.15, 0.2) is 41.0 Å². The monoisotopic (exact) mass is 371 g/mol. The zero-order valence-electron chi connectivity index (χ0n) is 13.2. The molecular formula is C18H10ClNO6. The van der Waals surface area contributed by atoms with Crippen molar-refractivity contribution in [3.63, 3.8) is 0 Å². The minimum absolute atomic E-state index is 0.137. The third-order valence-electron chi connectivity index (χ3n) is 4.02. The molecule has 0 fully saturated rings. The molecule has 0 amide bonds. The van der Waals surface area contributed by atoms with Crippen LogP contribution in [0.4, 0.5) is 0 Å². The third-order valence-corrected chi connectivity index (χ3v) is 4.35. The van der Waals surface area contributed by atoms with Gasteiger partial charge in [-0.15, -0.1) is 0 Å². The quantitative estimate of drug-likeness (QED) is 0.596. The summed E-state index contributed by atoms with van der Waals surface area (Å²) < 4.78 is 26.5. The second-order valence-electron chi connectivity index (χ2n) is 5.63. The number of hydrogen-bond acceptors (Lipinski definition) is 7. The molecule has 0 unspecified atom stereocenters. The molecule has 8 heteroatoms. The molecule has 5 rings (SSSR count). The van der Waals surface area contributed by atoms with Gasteiger partial charge in [0.1, 0.15) is 0 Å². The lowest BCUT2D eigenvalue weighted by atomic mass is 10.1. The van der Waals surface area contributed by atoms with Crippen LogP contribution in [0.25, 0.3) is 6.08 Å². The summed E-state index contributed by atoms with van der Waals surface area (Å²) in [6.45, 7) is 0.305. The normalized spacial score (nSPS) is 18.3. The van der Waals surface area contributed by atoms with E-state index in [4.69, 9.17) is 35.3 Å². The predicted octanol–water partition coefficient (Wildman–Crippen LogP) is 3.14. The van der Waals surface area contributed by atoms with Gasteiger partial charge in [-0.3, -0.25) is 0 Å². The molecule has 2 aromatic carbocycles. The van der Waals surface area contributed by atoms with Crippen LogP contribution >= 0.6 is 11.6 Å². The van der Waals surface area contributed by atoms with E-state index in [1.807, 2.05) is 0 Å². The minimum atomic E-state index is -0.564. The van der Waals surface area contributed by atoms with Crippen molar-refractivity contribution in [3.8, 4) is 23.0 Å². The van der Waals surface area contributed by atoms with E-state index in [1.54, 1.807) is 36.4 Å². The molecule has 130 valence electrons. The van der Waals surface area contributed by atoms with Crippen molar-refractivity contribution in [3.05, 3.63) is 52.2 Å². The molecule has 0 spiro atoms. The molecule has 0 atom stereocenters. The molecule has 0 saturated carbocycles. The van der Waals surface area contributed by atoms with Gasteiger partial charge >= 0.3 is 5.97 Å². The number of ether oxygens (including phenoxy) is 5. The van der Waals surface area contributed by atoms with E-state index in [1.165, 1.54) is 0 Å². The van der Waals surface area contributed by atoms with Crippen LogP contribution < -0.4 is 18.9 Å². The molecule has 2 aromatic rings. The number of hydrogen-bond donors (Lipinski definition) is 0. The van der Waals surface area contributed by atoms with Gasteiger partial charge in [0, 0.05) is 11.6 Å². The average molecular weight is 372 g/mol. The largest absolute Gasteiger partial charge is 0.454 e. The minimum Gasteiger partial charge on any atom is -0.454 e. The first-order valence-electron chi connectivity index (χ1n) is 7.69. The van der Waals surface area contributed by atoms with Gasteiger partial charge in [0.25, 0.3) is 0 Å². The highest BCUT2D eigenvalue weighted by atomic mass is 35.5.